The number of aliphatic hydroxyl groups excluding tert-OH is 1. The van der Waals surface area contributed by atoms with E-state index in [2.05, 4.69) is 26.6 Å². The lowest BCUT2D eigenvalue weighted by Crippen LogP contribution is -2.57. The van der Waals surface area contributed by atoms with Crippen LogP contribution in [0.5, 0.6) is 11.5 Å². The summed E-state index contributed by atoms with van der Waals surface area (Å²) in [5.41, 5.74) is 2.47. The van der Waals surface area contributed by atoms with E-state index in [4.69, 9.17) is 0 Å². The summed E-state index contributed by atoms with van der Waals surface area (Å²) in [5.74, 6) is -1.35. The highest BCUT2D eigenvalue weighted by Crippen LogP contribution is 2.31. The standard InChI is InChI=1S/C31H46N6O6/c1-32-12-6-5-7-24-31(43)37(4)26(30(42)35-18-23(38)17-33-2)16-22-14-20(9-11-28(22)40)19-8-10-27(39)21(13-19)15-25(34-3)29(41)36-24/h8-11,13-14,23-26,32-34,38-40H,5-7,12,15-18H2,1-4H3,(H,35,42)(H,36,41)/t23?,24-,25-,26-/m0/s1. The minimum atomic E-state index is -1.05. The van der Waals surface area contributed by atoms with Crippen molar-refractivity contribution in [1.82, 2.24) is 31.5 Å². The molecule has 12 heteroatoms. The zero-order valence-corrected chi connectivity index (χ0v) is 25.4. The lowest BCUT2D eigenvalue weighted by Gasteiger charge is -2.32. The highest BCUT2D eigenvalue weighted by atomic mass is 16.3. The Morgan fingerprint density at radius 2 is 1.58 bits per heavy atom. The van der Waals surface area contributed by atoms with E-state index in [1.165, 1.54) is 18.0 Å². The molecule has 1 aliphatic rings. The third kappa shape index (κ3) is 9.14. The van der Waals surface area contributed by atoms with Crippen LogP contribution in [0.3, 0.4) is 0 Å². The van der Waals surface area contributed by atoms with Gasteiger partial charge in [-0.3, -0.25) is 14.4 Å². The van der Waals surface area contributed by atoms with Gasteiger partial charge >= 0.3 is 0 Å². The Kier molecular flexibility index (Phi) is 12.7. The third-order valence-corrected chi connectivity index (χ3v) is 7.85. The Balaban J connectivity index is 2.09. The first-order chi connectivity index (χ1) is 20.6. The van der Waals surface area contributed by atoms with Crippen LogP contribution in [-0.4, -0.2) is 110 Å². The molecule has 2 aromatic carbocycles. The number of amides is 3. The van der Waals surface area contributed by atoms with E-state index < -0.39 is 42.0 Å². The third-order valence-electron chi connectivity index (χ3n) is 7.85. The second kappa shape index (κ2) is 16.2. The molecule has 3 amide bonds. The number of carbonyl (C=O) groups is 3. The van der Waals surface area contributed by atoms with E-state index in [1.54, 1.807) is 44.4 Å². The van der Waals surface area contributed by atoms with E-state index in [0.29, 0.717) is 24.0 Å². The lowest BCUT2D eigenvalue weighted by molar-refractivity contribution is -0.142. The number of rotatable bonds is 11. The zero-order valence-electron chi connectivity index (χ0n) is 25.4. The molecule has 0 fully saturated rings. The minimum absolute atomic E-state index is 0.0135. The van der Waals surface area contributed by atoms with Crippen LogP contribution in [0.1, 0.15) is 30.4 Å². The van der Waals surface area contributed by atoms with Crippen LogP contribution >= 0.6 is 0 Å². The van der Waals surface area contributed by atoms with E-state index in [1.807, 2.05) is 7.05 Å². The summed E-state index contributed by atoms with van der Waals surface area (Å²) in [6.07, 6.45) is 1.10. The van der Waals surface area contributed by atoms with Gasteiger partial charge in [-0.1, -0.05) is 12.1 Å². The Morgan fingerprint density at radius 3 is 2.16 bits per heavy atom. The SMILES string of the molecule is CNCCCC[C@@H]1NC(=O)[C@@H](NC)Cc2cc(ccc2O)-c2ccc(O)c(c2)C[C@@H](C(=O)NCC(O)CNC)N(C)C1=O. The Bertz CT molecular complexity index is 1260. The van der Waals surface area contributed by atoms with Crippen LogP contribution in [0.4, 0.5) is 0 Å². The Morgan fingerprint density at radius 1 is 0.953 bits per heavy atom. The summed E-state index contributed by atoms with van der Waals surface area (Å²) in [5, 5.41) is 46.2. The average molecular weight is 599 g/mol. The number of aliphatic hydroxyl groups is 1. The largest absolute Gasteiger partial charge is 0.508 e. The number of nitrogens with zero attached hydrogens (tertiary/aromatic N) is 1. The number of unbranched alkanes of at least 4 members (excludes halogenated alkanes) is 1. The van der Waals surface area contributed by atoms with Gasteiger partial charge in [0.15, 0.2) is 0 Å². The highest BCUT2D eigenvalue weighted by molar-refractivity contribution is 5.93. The summed E-state index contributed by atoms with van der Waals surface area (Å²) >= 11 is 0. The first kappa shape index (κ1) is 33.8. The number of phenols is 2. The number of phenolic OH excluding ortho intramolecular Hbond substituents is 2. The highest BCUT2D eigenvalue weighted by Gasteiger charge is 2.34. The molecule has 8 N–H and O–H groups in total. The van der Waals surface area contributed by atoms with Crippen molar-refractivity contribution in [3.63, 3.8) is 0 Å². The number of hydrogen-bond donors (Lipinski definition) is 8. The fraction of sp³-hybridized carbons (Fsp3) is 0.516. The Labute approximate surface area is 253 Å². The maximum absolute atomic E-state index is 14.0. The van der Waals surface area contributed by atoms with Crippen molar-refractivity contribution in [3.8, 4) is 22.6 Å². The molecule has 3 rings (SSSR count). The van der Waals surface area contributed by atoms with Gasteiger partial charge in [-0.25, -0.2) is 0 Å². The number of fused-ring (bicyclic) bond motifs is 5. The van der Waals surface area contributed by atoms with Gasteiger partial charge in [0.25, 0.3) is 0 Å². The van der Waals surface area contributed by atoms with Crippen LogP contribution < -0.4 is 26.6 Å². The molecule has 0 spiro atoms. The second-order valence-corrected chi connectivity index (χ2v) is 11.0. The fourth-order valence-corrected chi connectivity index (χ4v) is 5.24. The number of nitrogens with one attached hydrogen (secondary N) is 5. The first-order valence-corrected chi connectivity index (χ1v) is 14.7. The molecule has 4 bridgehead atoms. The van der Waals surface area contributed by atoms with Crippen molar-refractivity contribution in [1.29, 1.82) is 0 Å². The lowest BCUT2D eigenvalue weighted by atomic mass is 9.95. The summed E-state index contributed by atoms with van der Waals surface area (Å²) in [6, 6.07) is 7.42. The normalized spacial score (nSPS) is 20.1. The second-order valence-electron chi connectivity index (χ2n) is 11.0. The monoisotopic (exact) mass is 598 g/mol. The zero-order chi connectivity index (χ0) is 31.5. The molecule has 0 saturated heterocycles. The van der Waals surface area contributed by atoms with Crippen molar-refractivity contribution in [3.05, 3.63) is 47.5 Å². The number of hydrogen-bond acceptors (Lipinski definition) is 9. The molecule has 43 heavy (non-hydrogen) atoms. The molecule has 1 heterocycles. The van der Waals surface area contributed by atoms with Gasteiger partial charge in [-0.05, 0) is 93.5 Å². The van der Waals surface area contributed by atoms with Crippen LogP contribution in [0, 0.1) is 0 Å². The van der Waals surface area contributed by atoms with E-state index in [0.717, 1.165) is 24.1 Å². The number of carbonyl (C=O) groups excluding carboxylic acids is 3. The molecule has 1 unspecified atom stereocenters. The molecular formula is C31H46N6O6. The predicted molar refractivity (Wildman–Crippen MR) is 165 cm³/mol. The number of benzene rings is 2. The maximum atomic E-state index is 14.0. The minimum Gasteiger partial charge on any atom is -0.508 e. The van der Waals surface area contributed by atoms with Crippen molar-refractivity contribution < 1.29 is 29.7 Å². The van der Waals surface area contributed by atoms with Crippen molar-refractivity contribution >= 4 is 17.7 Å². The first-order valence-electron chi connectivity index (χ1n) is 14.7. The van der Waals surface area contributed by atoms with Gasteiger partial charge in [0.1, 0.15) is 23.6 Å². The summed E-state index contributed by atoms with van der Waals surface area (Å²) in [4.78, 5) is 42.4. The summed E-state index contributed by atoms with van der Waals surface area (Å²) in [6.45, 7) is 0.980. The summed E-state index contributed by atoms with van der Waals surface area (Å²) in [7, 11) is 6.69. The molecule has 1 aliphatic heterocycles. The van der Waals surface area contributed by atoms with Crippen molar-refractivity contribution in [2.24, 2.45) is 0 Å². The molecule has 0 aliphatic carbocycles. The maximum Gasteiger partial charge on any atom is 0.245 e. The van der Waals surface area contributed by atoms with E-state index in [-0.39, 0.29) is 37.4 Å². The Hall–Kier alpha value is -3.71. The summed E-state index contributed by atoms with van der Waals surface area (Å²) < 4.78 is 0. The van der Waals surface area contributed by atoms with Crippen LogP contribution in [-0.2, 0) is 27.2 Å². The molecule has 0 aromatic heterocycles. The number of likely N-dealkylation sites (N-methyl/N-ethyl adjacent to an activating group) is 3. The van der Waals surface area contributed by atoms with Crippen LogP contribution in [0.15, 0.2) is 36.4 Å². The molecular weight excluding hydrogens is 552 g/mol. The smallest absolute Gasteiger partial charge is 0.245 e. The van der Waals surface area contributed by atoms with Crippen LogP contribution in [0.2, 0.25) is 0 Å². The topological polar surface area (TPSA) is 175 Å². The fourth-order valence-electron chi connectivity index (χ4n) is 5.24. The molecule has 0 saturated carbocycles. The molecule has 2 aromatic rings. The van der Waals surface area contributed by atoms with Gasteiger partial charge in [0, 0.05) is 33.0 Å². The average Bonchev–Trinajstić information content (AvgIpc) is 2.99. The van der Waals surface area contributed by atoms with Gasteiger partial charge in [0.2, 0.25) is 17.7 Å². The molecule has 0 radical (unpaired) electrons. The van der Waals surface area contributed by atoms with Gasteiger partial charge in [-0.15, -0.1) is 0 Å². The number of aromatic hydroxyl groups is 2. The van der Waals surface area contributed by atoms with Crippen molar-refractivity contribution in [2.75, 3.05) is 47.8 Å². The van der Waals surface area contributed by atoms with Crippen molar-refractivity contribution in [2.45, 2.75) is 56.3 Å². The van der Waals surface area contributed by atoms with Gasteiger partial charge in [-0.2, -0.15) is 0 Å². The van der Waals surface area contributed by atoms with E-state index in [9.17, 15) is 29.7 Å². The molecule has 236 valence electrons. The van der Waals surface area contributed by atoms with Gasteiger partial charge < -0.3 is 46.8 Å². The predicted octanol–water partition coefficient (Wildman–Crippen LogP) is -0.151. The van der Waals surface area contributed by atoms with Crippen LogP contribution in [0.25, 0.3) is 11.1 Å². The molecule has 12 nitrogen and oxygen atoms in total. The quantitative estimate of drug-likeness (QED) is 0.164. The molecule has 4 atom stereocenters. The van der Waals surface area contributed by atoms with E-state index >= 15 is 0 Å². The van der Waals surface area contributed by atoms with Gasteiger partial charge in [0.05, 0.1) is 12.1 Å².